The van der Waals surface area contributed by atoms with Gasteiger partial charge in [-0.05, 0) is 26.8 Å². The second-order valence-corrected chi connectivity index (χ2v) is 4.72. The largest absolute Gasteiger partial charge is 0.323 e. The van der Waals surface area contributed by atoms with Crippen LogP contribution >= 0.6 is 0 Å². The van der Waals surface area contributed by atoms with Crippen LogP contribution in [0.5, 0.6) is 0 Å². The first kappa shape index (κ1) is 14.0. The van der Waals surface area contributed by atoms with E-state index in [1.165, 1.54) is 6.20 Å². The number of hydrogen-bond acceptors (Lipinski definition) is 5. The molecular weight excluding hydrogens is 256 g/mol. The molecule has 0 aromatic carbocycles. The fourth-order valence-electron chi connectivity index (χ4n) is 1.87. The number of amides is 1. The topological polar surface area (TPSA) is 97.9 Å². The van der Waals surface area contributed by atoms with Crippen LogP contribution in [-0.4, -0.2) is 20.7 Å². The van der Waals surface area contributed by atoms with Gasteiger partial charge >= 0.3 is 0 Å². The lowest BCUT2D eigenvalue weighted by molar-refractivity contribution is 0.102. The van der Waals surface area contributed by atoms with Gasteiger partial charge in [-0.1, -0.05) is 0 Å². The zero-order valence-corrected chi connectivity index (χ0v) is 11.7. The number of aromatic nitrogens is 3. The van der Waals surface area contributed by atoms with Gasteiger partial charge in [0.1, 0.15) is 5.82 Å². The maximum Gasteiger partial charge on any atom is 0.260 e. The Balaban J connectivity index is 2.26. The van der Waals surface area contributed by atoms with E-state index in [1.807, 2.05) is 20.8 Å². The fourth-order valence-corrected chi connectivity index (χ4v) is 1.87. The van der Waals surface area contributed by atoms with Crippen molar-refractivity contribution >= 4 is 17.4 Å². The minimum atomic E-state index is -0.284. The highest BCUT2D eigenvalue weighted by atomic mass is 16.1. The van der Waals surface area contributed by atoms with Crippen molar-refractivity contribution in [1.82, 2.24) is 14.8 Å². The highest BCUT2D eigenvalue weighted by Crippen LogP contribution is 2.18. The Kier molecular flexibility index (Phi) is 3.99. The van der Waals surface area contributed by atoms with Gasteiger partial charge in [-0.2, -0.15) is 5.10 Å². The van der Waals surface area contributed by atoms with Crippen LogP contribution in [0.15, 0.2) is 24.5 Å². The Morgan fingerprint density at radius 1 is 1.45 bits per heavy atom. The molecule has 0 saturated carbocycles. The Bertz CT molecular complexity index is 619. The first-order valence-electron chi connectivity index (χ1n) is 6.31. The molecule has 0 atom stereocenters. The van der Waals surface area contributed by atoms with Crippen LogP contribution in [0.2, 0.25) is 0 Å². The molecule has 0 unspecified atom stereocenters. The summed E-state index contributed by atoms with van der Waals surface area (Å²) in [5, 5.41) is 6.97. The van der Waals surface area contributed by atoms with Crippen LogP contribution in [-0.2, 0) is 0 Å². The maximum atomic E-state index is 12.3. The first-order chi connectivity index (χ1) is 9.52. The number of aryl methyl sites for hydroxylation is 1. The van der Waals surface area contributed by atoms with Crippen molar-refractivity contribution in [2.24, 2.45) is 5.84 Å². The van der Waals surface area contributed by atoms with E-state index in [1.54, 1.807) is 23.0 Å². The number of anilines is 2. The molecule has 0 spiro atoms. The third-order valence-electron chi connectivity index (χ3n) is 2.84. The lowest BCUT2D eigenvalue weighted by atomic mass is 10.2. The van der Waals surface area contributed by atoms with E-state index in [9.17, 15) is 4.79 Å². The summed E-state index contributed by atoms with van der Waals surface area (Å²) in [6.07, 6.45) is 3.14. The number of carbonyl (C=O) groups is 1. The van der Waals surface area contributed by atoms with Gasteiger partial charge in [-0.3, -0.25) is 15.6 Å². The first-order valence-corrected chi connectivity index (χ1v) is 6.31. The molecular formula is C13H18N6O. The summed E-state index contributed by atoms with van der Waals surface area (Å²) < 4.78 is 1.73. The second kappa shape index (κ2) is 5.70. The van der Waals surface area contributed by atoms with Crippen LogP contribution in [0.1, 0.15) is 35.9 Å². The average Bonchev–Trinajstić information content (AvgIpc) is 2.86. The number of nitrogens with two attached hydrogens (primary N) is 1. The van der Waals surface area contributed by atoms with Crippen molar-refractivity contribution < 1.29 is 4.79 Å². The fraction of sp³-hybridized carbons (Fsp3) is 0.308. The Hall–Kier alpha value is -2.41. The molecule has 7 nitrogen and oxygen atoms in total. The van der Waals surface area contributed by atoms with Gasteiger partial charge in [-0.15, -0.1) is 0 Å². The van der Waals surface area contributed by atoms with Crippen molar-refractivity contribution in [2.45, 2.75) is 26.8 Å². The summed E-state index contributed by atoms with van der Waals surface area (Å²) in [7, 11) is 0. The van der Waals surface area contributed by atoms with Gasteiger partial charge in [0.15, 0.2) is 0 Å². The van der Waals surface area contributed by atoms with Gasteiger partial charge in [0.05, 0.1) is 17.4 Å². The highest BCUT2D eigenvalue weighted by molar-refractivity contribution is 6.07. The molecule has 2 aromatic heterocycles. The molecule has 0 radical (unpaired) electrons. The van der Waals surface area contributed by atoms with Crippen LogP contribution in [0.4, 0.5) is 11.5 Å². The predicted octanol–water partition coefficient (Wildman–Crippen LogP) is 1.71. The monoisotopic (exact) mass is 274 g/mol. The van der Waals surface area contributed by atoms with E-state index in [2.05, 4.69) is 20.8 Å². The third-order valence-corrected chi connectivity index (χ3v) is 2.84. The molecule has 106 valence electrons. The van der Waals surface area contributed by atoms with E-state index >= 15 is 0 Å². The van der Waals surface area contributed by atoms with Gasteiger partial charge in [0, 0.05) is 24.0 Å². The van der Waals surface area contributed by atoms with E-state index < -0.39 is 0 Å². The van der Waals surface area contributed by atoms with Crippen LogP contribution in [0.3, 0.4) is 0 Å². The molecule has 0 bridgehead atoms. The summed E-state index contributed by atoms with van der Waals surface area (Å²) in [5.74, 6) is 5.78. The highest BCUT2D eigenvalue weighted by Gasteiger charge is 2.15. The molecule has 1 amide bonds. The summed E-state index contributed by atoms with van der Waals surface area (Å²) in [6.45, 7) is 5.81. The van der Waals surface area contributed by atoms with Crippen LogP contribution in [0, 0.1) is 6.92 Å². The number of hydrogen-bond donors (Lipinski definition) is 3. The molecule has 4 N–H and O–H groups in total. The number of nitrogen functional groups attached to an aromatic ring is 1. The van der Waals surface area contributed by atoms with Crippen molar-refractivity contribution in [2.75, 3.05) is 10.7 Å². The molecule has 2 aromatic rings. The predicted molar refractivity (Wildman–Crippen MR) is 77.3 cm³/mol. The Morgan fingerprint density at radius 3 is 2.85 bits per heavy atom. The second-order valence-electron chi connectivity index (χ2n) is 4.72. The normalized spacial score (nSPS) is 10.7. The number of carbonyl (C=O) groups excluding carboxylic acids is 1. The zero-order chi connectivity index (χ0) is 14.7. The molecule has 7 heteroatoms. The van der Waals surface area contributed by atoms with Gasteiger partial charge in [0.25, 0.3) is 5.91 Å². The standard InChI is InChI=1S/C13H18N6O/c1-8(2)19-12(4-5-16-19)17-13(20)10-7-15-9(3)6-11(10)18-14/h4-8H,14H2,1-3H3,(H,15,18)(H,17,20). The number of nitrogens with one attached hydrogen (secondary N) is 2. The van der Waals surface area contributed by atoms with Gasteiger partial charge in [-0.25, -0.2) is 4.68 Å². The molecule has 0 aliphatic heterocycles. The SMILES string of the molecule is Cc1cc(NN)c(C(=O)Nc2ccnn2C(C)C)cn1. The molecule has 2 rings (SSSR count). The summed E-state index contributed by atoms with van der Waals surface area (Å²) in [4.78, 5) is 16.4. The lowest BCUT2D eigenvalue weighted by Gasteiger charge is -2.13. The Morgan fingerprint density at radius 2 is 2.20 bits per heavy atom. The van der Waals surface area contributed by atoms with Crippen LogP contribution in [0.25, 0.3) is 0 Å². The van der Waals surface area contributed by atoms with Gasteiger partial charge in [0.2, 0.25) is 0 Å². The van der Waals surface area contributed by atoms with Crippen molar-refractivity contribution in [1.29, 1.82) is 0 Å². The van der Waals surface area contributed by atoms with Crippen LogP contribution < -0.4 is 16.6 Å². The molecule has 0 saturated heterocycles. The molecule has 20 heavy (non-hydrogen) atoms. The van der Waals surface area contributed by atoms with Crippen molar-refractivity contribution in [3.8, 4) is 0 Å². The van der Waals surface area contributed by atoms with Crippen molar-refractivity contribution in [3.63, 3.8) is 0 Å². The maximum absolute atomic E-state index is 12.3. The quantitative estimate of drug-likeness (QED) is 0.582. The number of hydrazine groups is 1. The molecule has 0 aliphatic carbocycles. The van der Waals surface area contributed by atoms with Crippen molar-refractivity contribution in [3.05, 3.63) is 35.8 Å². The lowest BCUT2D eigenvalue weighted by Crippen LogP contribution is -2.20. The summed E-state index contributed by atoms with van der Waals surface area (Å²) >= 11 is 0. The number of nitrogens with zero attached hydrogens (tertiary/aromatic N) is 3. The Labute approximate surface area is 117 Å². The minimum Gasteiger partial charge on any atom is -0.323 e. The summed E-state index contributed by atoms with van der Waals surface area (Å²) in [5.41, 5.74) is 4.21. The van der Waals surface area contributed by atoms with E-state index in [-0.39, 0.29) is 11.9 Å². The third kappa shape index (κ3) is 2.77. The van der Waals surface area contributed by atoms with E-state index in [0.29, 0.717) is 17.1 Å². The molecule has 2 heterocycles. The van der Waals surface area contributed by atoms with E-state index in [4.69, 9.17) is 5.84 Å². The molecule has 0 fully saturated rings. The molecule has 0 aliphatic rings. The number of pyridine rings is 1. The summed E-state index contributed by atoms with van der Waals surface area (Å²) in [6, 6.07) is 3.62. The zero-order valence-electron chi connectivity index (χ0n) is 11.7. The van der Waals surface area contributed by atoms with E-state index in [0.717, 1.165) is 5.69 Å². The smallest absolute Gasteiger partial charge is 0.260 e. The minimum absolute atomic E-state index is 0.156. The van der Waals surface area contributed by atoms with Gasteiger partial charge < -0.3 is 10.7 Å². The average molecular weight is 274 g/mol. The number of rotatable bonds is 4.